The Morgan fingerprint density at radius 1 is 0.281 bits per heavy atom. The summed E-state index contributed by atoms with van der Waals surface area (Å²) in [6, 6.07) is 9.75. The van der Waals surface area contributed by atoms with Gasteiger partial charge in [0, 0.05) is 22.3 Å². The second-order valence-corrected chi connectivity index (χ2v) is 7.10. The zero-order valence-electron chi connectivity index (χ0n) is 15.6. The van der Waals surface area contributed by atoms with Crippen molar-refractivity contribution in [1.82, 2.24) is 0 Å². The Hall–Kier alpha value is -3.68. The molecule has 5 rings (SSSR count). The van der Waals surface area contributed by atoms with E-state index in [9.17, 15) is 17.6 Å². The van der Waals surface area contributed by atoms with E-state index in [0.717, 1.165) is 24.3 Å². The predicted molar refractivity (Wildman–Crippen MR) is 101 cm³/mol. The van der Waals surface area contributed by atoms with Crippen molar-refractivity contribution in [2.24, 2.45) is 0 Å². The molecule has 0 saturated heterocycles. The lowest BCUT2D eigenvalue weighted by Crippen LogP contribution is -2.10. The molecular formula is C24H8F8. The number of rotatable bonds is 0. The highest BCUT2D eigenvalue weighted by Crippen LogP contribution is 2.51. The molecule has 160 valence electrons. The van der Waals surface area contributed by atoms with Crippen LogP contribution in [0, 0.1) is 46.5 Å². The highest BCUT2D eigenvalue weighted by molar-refractivity contribution is 6.03. The molecular weight excluding hydrogens is 440 g/mol. The Balaban J connectivity index is 2.14. The molecule has 0 aliphatic heterocycles. The van der Waals surface area contributed by atoms with Crippen LogP contribution in [0.5, 0.6) is 0 Å². The van der Waals surface area contributed by atoms with Crippen LogP contribution in [0.25, 0.3) is 44.5 Å². The molecule has 32 heavy (non-hydrogen) atoms. The summed E-state index contributed by atoms with van der Waals surface area (Å²) >= 11 is 0. The Morgan fingerprint density at radius 2 is 0.469 bits per heavy atom. The average molecular weight is 448 g/mol. The molecule has 0 saturated carbocycles. The zero-order valence-corrected chi connectivity index (χ0v) is 15.6. The van der Waals surface area contributed by atoms with E-state index in [1.54, 1.807) is 0 Å². The summed E-state index contributed by atoms with van der Waals surface area (Å²) in [5, 5.41) is 0. The summed E-state index contributed by atoms with van der Waals surface area (Å²) in [5.41, 5.74) is -4.51. The van der Waals surface area contributed by atoms with E-state index in [4.69, 9.17) is 0 Å². The lowest BCUT2D eigenvalue weighted by atomic mass is 9.80. The first-order valence-corrected chi connectivity index (χ1v) is 9.17. The van der Waals surface area contributed by atoms with E-state index in [0.29, 0.717) is 0 Å². The smallest absolute Gasteiger partial charge is 0.198 e. The van der Waals surface area contributed by atoms with E-state index >= 15 is 17.6 Å². The predicted octanol–water partition coefficient (Wildman–Crippen LogP) is 7.78. The number of hydrogen-bond acceptors (Lipinski definition) is 0. The van der Waals surface area contributed by atoms with E-state index in [-0.39, 0.29) is 22.3 Å². The SMILES string of the molecule is Fc1c(F)c(F)c2c(c1F)-c1ccccc1-c1c(F)c(F)c(F)c(F)c1-c1ccccc1-2. The molecule has 0 unspecified atom stereocenters. The lowest BCUT2D eigenvalue weighted by molar-refractivity contribution is 0.411. The molecule has 0 aromatic heterocycles. The molecule has 0 amide bonds. The van der Waals surface area contributed by atoms with E-state index in [2.05, 4.69) is 0 Å². The first-order valence-electron chi connectivity index (χ1n) is 9.17. The van der Waals surface area contributed by atoms with Gasteiger partial charge in [-0.25, -0.2) is 35.1 Å². The fraction of sp³-hybridized carbons (Fsp3) is 0. The van der Waals surface area contributed by atoms with Crippen LogP contribution in [-0.4, -0.2) is 0 Å². The van der Waals surface area contributed by atoms with Crippen LogP contribution in [0.2, 0.25) is 0 Å². The van der Waals surface area contributed by atoms with Gasteiger partial charge in [0.15, 0.2) is 46.5 Å². The monoisotopic (exact) mass is 448 g/mol. The Kier molecular flexibility index (Phi) is 4.37. The fourth-order valence-electron chi connectivity index (χ4n) is 4.11. The summed E-state index contributed by atoms with van der Waals surface area (Å²) in [5.74, 6) is -15.5. The topological polar surface area (TPSA) is 0 Å². The van der Waals surface area contributed by atoms with Gasteiger partial charge in [-0.1, -0.05) is 48.5 Å². The normalized spacial score (nSPS) is 11.8. The molecule has 0 atom stereocenters. The molecule has 0 radical (unpaired) electrons. The van der Waals surface area contributed by atoms with Gasteiger partial charge in [-0.3, -0.25) is 0 Å². The summed E-state index contributed by atoms with van der Waals surface area (Å²) < 4.78 is 117. The van der Waals surface area contributed by atoms with Crippen molar-refractivity contribution in [2.45, 2.75) is 0 Å². The molecule has 0 nitrogen and oxygen atoms in total. The highest BCUT2D eigenvalue weighted by atomic mass is 19.2. The van der Waals surface area contributed by atoms with Gasteiger partial charge in [0.2, 0.25) is 0 Å². The zero-order chi connectivity index (χ0) is 22.9. The van der Waals surface area contributed by atoms with Gasteiger partial charge < -0.3 is 0 Å². The van der Waals surface area contributed by atoms with Gasteiger partial charge in [0.1, 0.15) is 0 Å². The molecule has 0 spiro atoms. The first kappa shape index (κ1) is 20.2. The number of benzene rings is 4. The highest BCUT2D eigenvalue weighted by Gasteiger charge is 2.35. The summed E-state index contributed by atoms with van der Waals surface area (Å²) in [6.07, 6.45) is 0. The molecule has 0 fully saturated rings. The van der Waals surface area contributed by atoms with Crippen LogP contribution in [0.1, 0.15) is 0 Å². The van der Waals surface area contributed by atoms with Crippen LogP contribution >= 0.6 is 0 Å². The molecule has 4 aromatic carbocycles. The standard InChI is InChI=1S/C24H8F8/c25-17-13-9-5-1-2-6-10(9)14-16(20(28)24(32)22(30)18(14)26)12-8-4-3-7-11(12)15(13)19(27)23(31)21(17)29/h1-8H. The van der Waals surface area contributed by atoms with Crippen LogP contribution < -0.4 is 0 Å². The maximum atomic E-state index is 15.0. The van der Waals surface area contributed by atoms with Gasteiger partial charge in [0.25, 0.3) is 0 Å². The van der Waals surface area contributed by atoms with Crippen molar-refractivity contribution in [3.63, 3.8) is 0 Å². The third-order valence-corrected chi connectivity index (χ3v) is 5.47. The van der Waals surface area contributed by atoms with Gasteiger partial charge in [0.05, 0.1) is 0 Å². The van der Waals surface area contributed by atoms with Crippen molar-refractivity contribution in [2.75, 3.05) is 0 Å². The molecule has 8 heteroatoms. The Bertz CT molecular complexity index is 1240. The Morgan fingerprint density at radius 3 is 0.656 bits per heavy atom. The van der Waals surface area contributed by atoms with Crippen molar-refractivity contribution < 1.29 is 35.1 Å². The van der Waals surface area contributed by atoms with Gasteiger partial charge in [-0.05, 0) is 22.3 Å². The van der Waals surface area contributed by atoms with Crippen LogP contribution in [0.15, 0.2) is 48.5 Å². The van der Waals surface area contributed by atoms with Crippen molar-refractivity contribution in [3.8, 4) is 44.5 Å². The van der Waals surface area contributed by atoms with Crippen LogP contribution in [0.4, 0.5) is 35.1 Å². The van der Waals surface area contributed by atoms with Crippen LogP contribution in [-0.2, 0) is 0 Å². The van der Waals surface area contributed by atoms with E-state index in [1.165, 1.54) is 24.3 Å². The second kappa shape index (κ2) is 6.91. The fourth-order valence-corrected chi connectivity index (χ4v) is 4.11. The van der Waals surface area contributed by atoms with Crippen LogP contribution in [0.3, 0.4) is 0 Å². The molecule has 1 aliphatic carbocycles. The third-order valence-electron chi connectivity index (χ3n) is 5.47. The summed E-state index contributed by atoms with van der Waals surface area (Å²) in [6.45, 7) is 0. The Labute approximate surface area is 175 Å². The summed E-state index contributed by atoms with van der Waals surface area (Å²) in [4.78, 5) is 0. The molecule has 0 N–H and O–H groups in total. The van der Waals surface area contributed by atoms with Crippen molar-refractivity contribution in [3.05, 3.63) is 95.1 Å². The number of fused-ring (bicyclic) bond motifs is 8. The van der Waals surface area contributed by atoms with E-state index in [1.807, 2.05) is 0 Å². The minimum Gasteiger partial charge on any atom is -0.203 e. The molecule has 1 aliphatic rings. The van der Waals surface area contributed by atoms with E-state index < -0.39 is 68.8 Å². The molecule has 0 bridgehead atoms. The number of hydrogen-bond donors (Lipinski definition) is 0. The minimum absolute atomic E-state index is 0.363. The maximum absolute atomic E-state index is 15.0. The maximum Gasteiger partial charge on any atom is 0.198 e. The second-order valence-electron chi connectivity index (χ2n) is 7.10. The van der Waals surface area contributed by atoms with Crippen molar-refractivity contribution >= 4 is 0 Å². The van der Waals surface area contributed by atoms with Crippen molar-refractivity contribution in [1.29, 1.82) is 0 Å². The molecule has 4 aromatic rings. The third kappa shape index (κ3) is 2.49. The number of halogens is 8. The minimum atomic E-state index is -2.11. The quantitative estimate of drug-likeness (QED) is 0.129. The first-order chi connectivity index (χ1) is 15.3. The van der Waals surface area contributed by atoms with Gasteiger partial charge in [-0.2, -0.15) is 0 Å². The van der Waals surface area contributed by atoms with Gasteiger partial charge in [-0.15, -0.1) is 0 Å². The van der Waals surface area contributed by atoms with Gasteiger partial charge >= 0.3 is 0 Å². The largest absolute Gasteiger partial charge is 0.203 e. The lowest BCUT2D eigenvalue weighted by Gasteiger charge is -2.25. The molecule has 0 heterocycles. The summed E-state index contributed by atoms with van der Waals surface area (Å²) in [7, 11) is 0. The average Bonchev–Trinajstić information content (AvgIpc) is 2.80.